The number of benzene rings is 2. The molecule has 0 aliphatic heterocycles. The zero-order valence-electron chi connectivity index (χ0n) is 14.6. The van der Waals surface area contributed by atoms with E-state index in [0.29, 0.717) is 28.4 Å². The molecule has 1 aromatic heterocycles. The van der Waals surface area contributed by atoms with Gasteiger partial charge in [-0.05, 0) is 30.3 Å². The Morgan fingerprint density at radius 1 is 1.12 bits per heavy atom. The van der Waals surface area contributed by atoms with E-state index in [4.69, 9.17) is 14.2 Å². The number of hydrogen-bond donors (Lipinski definition) is 2. The van der Waals surface area contributed by atoms with Gasteiger partial charge in [0.05, 0.1) is 44.9 Å². The predicted molar refractivity (Wildman–Crippen MR) is 97.3 cm³/mol. The smallest absolute Gasteiger partial charge is 0.271 e. The molecule has 2 N–H and O–H groups in total. The molecule has 26 heavy (non-hydrogen) atoms. The minimum absolute atomic E-state index is 0.329. The van der Waals surface area contributed by atoms with E-state index >= 15 is 0 Å². The van der Waals surface area contributed by atoms with Crippen LogP contribution in [0.1, 0.15) is 15.9 Å². The molecule has 0 aliphatic carbocycles. The lowest BCUT2D eigenvalue weighted by Gasteiger charge is -2.12. The average Bonchev–Trinajstić information content (AvgIpc) is 3.14. The summed E-state index contributed by atoms with van der Waals surface area (Å²) in [6.45, 7) is 0. The molecule has 134 valence electrons. The Morgan fingerprint density at radius 2 is 1.85 bits per heavy atom. The molecule has 0 radical (unpaired) electrons. The average molecular weight is 354 g/mol. The largest absolute Gasteiger partial charge is 0.493 e. The van der Waals surface area contributed by atoms with Crippen molar-refractivity contribution in [2.24, 2.45) is 5.10 Å². The lowest BCUT2D eigenvalue weighted by Crippen LogP contribution is -2.17. The van der Waals surface area contributed by atoms with E-state index < -0.39 is 0 Å². The van der Waals surface area contributed by atoms with Crippen LogP contribution in [-0.4, -0.2) is 43.4 Å². The zero-order chi connectivity index (χ0) is 18.5. The Labute approximate surface area is 149 Å². The van der Waals surface area contributed by atoms with E-state index in [1.165, 1.54) is 27.5 Å². The maximum atomic E-state index is 12.2. The third-order valence-corrected chi connectivity index (χ3v) is 3.75. The first-order valence-corrected chi connectivity index (χ1v) is 7.72. The molecule has 2 aromatic carbocycles. The van der Waals surface area contributed by atoms with Gasteiger partial charge in [0.2, 0.25) is 5.75 Å². The molecular weight excluding hydrogens is 336 g/mol. The van der Waals surface area contributed by atoms with Gasteiger partial charge in [0.25, 0.3) is 5.91 Å². The van der Waals surface area contributed by atoms with Crippen molar-refractivity contribution in [3.8, 4) is 17.2 Å². The summed E-state index contributed by atoms with van der Waals surface area (Å²) in [5.41, 5.74) is 5.23. The predicted octanol–water partition coefficient (Wildman–Crippen LogP) is 2.35. The summed E-state index contributed by atoms with van der Waals surface area (Å²) in [7, 11) is 4.60. The van der Waals surface area contributed by atoms with Crippen molar-refractivity contribution in [3.05, 3.63) is 47.8 Å². The Kier molecular flexibility index (Phi) is 5.02. The number of aromatic nitrogens is 2. The molecule has 0 saturated heterocycles. The maximum absolute atomic E-state index is 12.2. The number of H-pyrrole nitrogens is 1. The number of rotatable bonds is 6. The van der Waals surface area contributed by atoms with E-state index in [-0.39, 0.29) is 5.91 Å². The number of aromatic amines is 1. The summed E-state index contributed by atoms with van der Waals surface area (Å²) >= 11 is 0. The van der Waals surface area contributed by atoms with Crippen LogP contribution in [-0.2, 0) is 0 Å². The number of ether oxygens (including phenoxy) is 3. The number of nitrogens with one attached hydrogen (secondary N) is 2. The fourth-order valence-electron chi connectivity index (χ4n) is 2.48. The van der Waals surface area contributed by atoms with Gasteiger partial charge < -0.3 is 19.2 Å². The molecule has 0 fully saturated rings. The number of amides is 1. The summed E-state index contributed by atoms with van der Waals surface area (Å²) in [5, 5.41) is 3.99. The van der Waals surface area contributed by atoms with Gasteiger partial charge in [-0.15, -0.1) is 0 Å². The fourth-order valence-corrected chi connectivity index (χ4v) is 2.48. The highest BCUT2D eigenvalue weighted by Crippen LogP contribution is 2.37. The second-order valence-electron chi connectivity index (χ2n) is 5.29. The summed E-state index contributed by atoms with van der Waals surface area (Å²) in [6, 6.07) is 8.63. The van der Waals surface area contributed by atoms with Crippen LogP contribution in [0.2, 0.25) is 0 Å². The van der Waals surface area contributed by atoms with Crippen molar-refractivity contribution in [1.29, 1.82) is 0 Å². The highest BCUT2D eigenvalue weighted by atomic mass is 16.5. The second-order valence-corrected chi connectivity index (χ2v) is 5.29. The van der Waals surface area contributed by atoms with Crippen molar-refractivity contribution in [1.82, 2.24) is 15.4 Å². The number of methoxy groups -OCH3 is 3. The van der Waals surface area contributed by atoms with Gasteiger partial charge in [-0.25, -0.2) is 10.4 Å². The van der Waals surface area contributed by atoms with Crippen LogP contribution in [0.5, 0.6) is 17.2 Å². The monoisotopic (exact) mass is 354 g/mol. The number of imidazole rings is 1. The Morgan fingerprint density at radius 3 is 2.50 bits per heavy atom. The minimum Gasteiger partial charge on any atom is -0.493 e. The van der Waals surface area contributed by atoms with Crippen LogP contribution in [0.3, 0.4) is 0 Å². The summed E-state index contributed by atoms with van der Waals surface area (Å²) < 4.78 is 15.8. The number of fused-ring (bicyclic) bond motifs is 1. The summed E-state index contributed by atoms with van der Waals surface area (Å²) in [6.07, 6.45) is 3.08. The van der Waals surface area contributed by atoms with E-state index in [2.05, 4.69) is 20.5 Å². The van der Waals surface area contributed by atoms with E-state index in [1.807, 2.05) is 0 Å². The normalized spacial score (nSPS) is 10.9. The Balaban J connectivity index is 1.76. The van der Waals surface area contributed by atoms with Crippen molar-refractivity contribution >= 4 is 23.2 Å². The molecule has 8 heteroatoms. The van der Waals surface area contributed by atoms with E-state index in [9.17, 15) is 4.79 Å². The van der Waals surface area contributed by atoms with Crippen LogP contribution < -0.4 is 19.6 Å². The fraction of sp³-hybridized carbons (Fsp3) is 0.167. The second kappa shape index (κ2) is 7.56. The van der Waals surface area contributed by atoms with Gasteiger partial charge in [0, 0.05) is 11.1 Å². The minimum atomic E-state index is -0.329. The topological polar surface area (TPSA) is 97.8 Å². The number of hydrazone groups is 1. The zero-order valence-corrected chi connectivity index (χ0v) is 14.6. The highest BCUT2D eigenvalue weighted by molar-refractivity contribution is 5.97. The lowest BCUT2D eigenvalue weighted by atomic mass is 10.2. The molecule has 0 spiro atoms. The molecule has 0 saturated carbocycles. The molecule has 0 bridgehead atoms. The third-order valence-electron chi connectivity index (χ3n) is 3.75. The summed E-state index contributed by atoms with van der Waals surface area (Å²) in [4.78, 5) is 19.3. The van der Waals surface area contributed by atoms with Gasteiger partial charge in [0.1, 0.15) is 0 Å². The maximum Gasteiger partial charge on any atom is 0.271 e. The SMILES string of the molecule is COc1cc(/C=N\NC(=O)c2ccc3nc[nH]c3c2)cc(OC)c1OC. The molecule has 3 rings (SSSR count). The van der Waals surface area contributed by atoms with Crippen LogP contribution >= 0.6 is 0 Å². The third kappa shape index (κ3) is 3.44. The van der Waals surface area contributed by atoms with Crippen LogP contribution in [0.25, 0.3) is 11.0 Å². The number of nitrogens with zero attached hydrogens (tertiary/aromatic N) is 2. The molecule has 1 amide bonds. The molecule has 8 nitrogen and oxygen atoms in total. The molecule has 1 heterocycles. The Bertz CT molecular complexity index is 940. The molecule has 0 unspecified atom stereocenters. The molecule has 0 aliphatic rings. The first kappa shape index (κ1) is 17.3. The highest BCUT2D eigenvalue weighted by Gasteiger charge is 2.12. The standard InChI is InChI=1S/C18H18N4O4/c1-24-15-6-11(7-16(25-2)17(15)26-3)9-21-22-18(23)12-4-5-13-14(8-12)20-10-19-13/h4-10H,1-3H3,(H,19,20)(H,22,23)/b21-9-. The number of hydrogen-bond acceptors (Lipinski definition) is 6. The van der Waals surface area contributed by atoms with Crippen LogP contribution in [0, 0.1) is 0 Å². The van der Waals surface area contributed by atoms with Crippen LogP contribution in [0.4, 0.5) is 0 Å². The van der Waals surface area contributed by atoms with Crippen molar-refractivity contribution in [2.75, 3.05) is 21.3 Å². The quantitative estimate of drug-likeness (QED) is 0.523. The van der Waals surface area contributed by atoms with Gasteiger partial charge in [-0.3, -0.25) is 4.79 Å². The summed E-state index contributed by atoms with van der Waals surface area (Å²) in [5.74, 6) is 1.17. The molecule has 0 atom stereocenters. The van der Waals surface area contributed by atoms with Crippen molar-refractivity contribution in [3.63, 3.8) is 0 Å². The molecular formula is C18H18N4O4. The van der Waals surface area contributed by atoms with Gasteiger partial charge in [-0.2, -0.15) is 5.10 Å². The van der Waals surface area contributed by atoms with Gasteiger partial charge in [0.15, 0.2) is 11.5 Å². The Hall–Kier alpha value is -3.55. The van der Waals surface area contributed by atoms with Crippen LogP contribution in [0.15, 0.2) is 41.8 Å². The first-order chi connectivity index (χ1) is 12.7. The molecule has 3 aromatic rings. The van der Waals surface area contributed by atoms with Crippen molar-refractivity contribution in [2.45, 2.75) is 0 Å². The first-order valence-electron chi connectivity index (χ1n) is 7.72. The number of carbonyl (C=O) groups excluding carboxylic acids is 1. The number of carbonyl (C=O) groups is 1. The van der Waals surface area contributed by atoms with E-state index in [0.717, 1.165) is 11.0 Å². The van der Waals surface area contributed by atoms with Gasteiger partial charge in [-0.1, -0.05) is 0 Å². The van der Waals surface area contributed by atoms with Gasteiger partial charge >= 0.3 is 0 Å². The lowest BCUT2D eigenvalue weighted by molar-refractivity contribution is 0.0955. The van der Waals surface area contributed by atoms with E-state index in [1.54, 1.807) is 36.7 Å². The van der Waals surface area contributed by atoms with Crippen molar-refractivity contribution < 1.29 is 19.0 Å².